The zero-order valence-corrected chi connectivity index (χ0v) is 14.0. The summed E-state index contributed by atoms with van der Waals surface area (Å²) in [7, 11) is 0. The first-order valence-corrected chi connectivity index (χ1v) is 8.60. The largest absolute Gasteiger partial charge is 0.457 e. The first-order chi connectivity index (χ1) is 12.8. The number of aliphatic hydroxyl groups is 1. The Bertz CT molecular complexity index is 913. The quantitative estimate of drug-likeness (QED) is 0.918. The van der Waals surface area contributed by atoms with E-state index >= 15 is 0 Å². The molecule has 6 nitrogen and oxygen atoms in total. The van der Waals surface area contributed by atoms with Gasteiger partial charge >= 0.3 is 0 Å². The number of furan rings is 1. The highest BCUT2D eigenvalue weighted by Crippen LogP contribution is 2.38. The summed E-state index contributed by atoms with van der Waals surface area (Å²) in [5.74, 6) is 2.75. The van der Waals surface area contributed by atoms with E-state index in [4.69, 9.17) is 19.0 Å². The van der Waals surface area contributed by atoms with Gasteiger partial charge in [0.25, 0.3) is 0 Å². The number of hydrogen-bond donors (Lipinski definition) is 1. The van der Waals surface area contributed by atoms with Crippen LogP contribution in [0.1, 0.15) is 17.1 Å². The van der Waals surface area contributed by atoms with Crippen molar-refractivity contribution in [2.75, 3.05) is 6.79 Å². The monoisotopic (exact) mass is 350 g/mol. The fourth-order valence-corrected chi connectivity index (χ4v) is 3.59. The van der Waals surface area contributed by atoms with E-state index in [-0.39, 0.29) is 25.4 Å². The molecular formula is C20H18N2O4. The molecule has 2 atom stereocenters. The second-order valence-electron chi connectivity index (χ2n) is 6.48. The van der Waals surface area contributed by atoms with Gasteiger partial charge < -0.3 is 19.0 Å². The van der Waals surface area contributed by atoms with E-state index in [0.717, 1.165) is 17.2 Å². The molecule has 1 fully saturated rings. The highest BCUT2D eigenvalue weighted by Gasteiger charge is 2.41. The lowest BCUT2D eigenvalue weighted by Crippen LogP contribution is -2.33. The number of fused-ring (bicyclic) bond motifs is 2. The average molecular weight is 350 g/mol. The van der Waals surface area contributed by atoms with Crippen LogP contribution in [-0.2, 0) is 22.6 Å². The van der Waals surface area contributed by atoms with Crippen molar-refractivity contribution in [3.8, 4) is 0 Å². The van der Waals surface area contributed by atoms with E-state index in [1.165, 1.54) is 5.56 Å². The molecule has 2 unspecified atom stereocenters. The average Bonchev–Trinajstić information content (AvgIpc) is 3.39. The van der Waals surface area contributed by atoms with Crippen LogP contribution in [-0.4, -0.2) is 28.7 Å². The number of ether oxygens (including phenoxy) is 2. The minimum Gasteiger partial charge on any atom is -0.457 e. The lowest BCUT2D eigenvalue weighted by atomic mass is 9.89. The molecule has 0 amide bonds. The van der Waals surface area contributed by atoms with Gasteiger partial charge in [-0.3, -0.25) is 5.01 Å². The second kappa shape index (κ2) is 6.07. The molecule has 2 aliphatic heterocycles. The molecule has 5 rings (SSSR count). The van der Waals surface area contributed by atoms with Crippen molar-refractivity contribution in [1.29, 1.82) is 0 Å². The minimum absolute atomic E-state index is 0.0110. The third-order valence-electron chi connectivity index (χ3n) is 4.85. The summed E-state index contributed by atoms with van der Waals surface area (Å²) in [6.07, 6.45) is 4.13. The summed E-state index contributed by atoms with van der Waals surface area (Å²) < 4.78 is 16.9. The smallest absolute Gasteiger partial charge is 0.231 e. The van der Waals surface area contributed by atoms with Gasteiger partial charge in [-0.2, -0.15) is 5.10 Å². The number of hydrogen-bond acceptors (Lipinski definition) is 6. The van der Waals surface area contributed by atoms with Gasteiger partial charge in [-0.15, -0.1) is 0 Å². The second-order valence-corrected chi connectivity index (χ2v) is 6.48. The van der Waals surface area contributed by atoms with Crippen LogP contribution in [0.5, 0.6) is 0 Å². The Morgan fingerprint density at radius 2 is 1.85 bits per heavy atom. The number of hydrazone groups is 1. The zero-order chi connectivity index (χ0) is 17.5. The molecule has 3 aliphatic rings. The Morgan fingerprint density at radius 1 is 1.04 bits per heavy atom. The molecule has 1 saturated heterocycles. The Balaban J connectivity index is 1.52. The van der Waals surface area contributed by atoms with Gasteiger partial charge in [0.05, 0.1) is 18.5 Å². The highest BCUT2D eigenvalue weighted by molar-refractivity contribution is 6.03. The highest BCUT2D eigenvalue weighted by atomic mass is 16.7. The van der Waals surface area contributed by atoms with E-state index in [2.05, 4.69) is 29.3 Å². The molecule has 0 radical (unpaired) electrons. The zero-order valence-electron chi connectivity index (χ0n) is 14.0. The summed E-state index contributed by atoms with van der Waals surface area (Å²) >= 11 is 0. The maximum absolute atomic E-state index is 9.29. The van der Waals surface area contributed by atoms with Gasteiger partial charge in [0.1, 0.15) is 18.1 Å². The molecule has 2 aromatic rings. The van der Waals surface area contributed by atoms with Crippen molar-refractivity contribution in [3.63, 3.8) is 0 Å². The summed E-state index contributed by atoms with van der Waals surface area (Å²) in [6, 6.07) is 13.9. The maximum Gasteiger partial charge on any atom is 0.231 e. The van der Waals surface area contributed by atoms with E-state index in [1.54, 1.807) is 6.07 Å². The first kappa shape index (κ1) is 15.3. The Hall–Kier alpha value is -2.99. The Morgan fingerprint density at radius 3 is 2.62 bits per heavy atom. The summed E-state index contributed by atoms with van der Waals surface area (Å²) in [5.41, 5.74) is 2.02. The van der Waals surface area contributed by atoms with E-state index in [9.17, 15) is 5.11 Å². The molecule has 1 aromatic carbocycles. The van der Waals surface area contributed by atoms with Crippen LogP contribution in [0.3, 0.4) is 0 Å². The molecule has 6 heteroatoms. The fraction of sp³-hybridized carbons (Fsp3) is 0.250. The van der Waals surface area contributed by atoms with Gasteiger partial charge in [-0.05, 0) is 29.8 Å². The van der Waals surface area contributed by atoms with Gasteiger partial charge in [0.15, 0.2) is 17.3 Å². The predicted octanol–water partition coefficient (Wildman–Crippen LogP) is 2.76. The summed E-state index contributed by atoms with van der Waals surface area (Å²) in [5, 5.41) is 16.2. The van der Waals surface area contributed by atoms with Crippen molar-refractivity contribution in [2.24, 2.45) is 11.0 Å². The van der Waals surface area contributed by atoms with Crippen LogP contribution in [0.2, 0.25) is 0 Å². The van der Waals surface area contributed by atoms with Crippen LogP contribution in [0, 0.1) is 5.92 Å². The van der Waals surface area contributed by atoms with Gasteiger partial charge in [0.2, 0.25) is 6.79 Å². The van der Waals surface area contributed by atoms with Crippen LogP contribution in [0.4, 0.5) is 0 Å². The van der Waals surface area contributed by atoms with Crippen molar-refractivity contribution in [1.82, 2.24) is 5.01 Å². The third-order valence-corrected chi connectivity index (χ3v) is 4.85. The number of rotatable bonds is 4. The van der Waals surface area contributed by atoms with E-state index in [0.29, 0.717) is 18.1 Å². The van der Waals surface area contributed by atoms with Crippen molar-refractivity contribution >= 4 is 5.71 Å². The Kier molecular flexibility index (Phi) is 3.57. The van der Waals surface area contributed by atoms with Crippen molar-refractivity contribution in [3.05, 3.63) is 83.2 Å². The van der Waals surface area contributed by atoms with Gasteiger partial charge in [-0.25, -0.2) is 0 Å². The topological polar surface area (TPSA) is 67.4 Å². The molecule has 1 N–H and O–H groups in total. The minimum atomic E-state index is -0.128. The molecule has 0 bridgehead atoms. The number of nitrogens with zero attached hydrogens (tertiary/aromatic N) is 2. The fourth-order valence-electron chi connectivity index (χ4n) is 3.59. The first-order valence-electron chi connectivity index (χ1n) is 8.60. The van der Waals surface area contributed by atoms with Crippen LogP contribution in [0.25, 0.3) is 0 Å². The van der Waals surface area contributed by atoms with Gasteiger partial charge in [0, 0.05) is 0 Å². The normalized spacial score (nSPS) is 23.4. The van der Waals surface area contributed by atoms with Gasteiger partial charge in [-0.1, -0.05) is 30.3 Å². The SMILES string of the molecule is OCc1ccc(C2=NN(Cc3ccccc3)C3C=C4OCOC4=CC23)o1. The van der Waals surface area contributed by atoms with Crippen LogP contribution < -0.4 is 0 Å². The lowest BCUT2D eigenvalue weighted by Gasteiger charge is -2.26. The number of benzene rings is 1. The molecule has 0 saturated carbocycles. The molecule has 3 heterocycles. The molecule has 0 spiro atoms. The predicted molar refractivity (Wildman–Crippen MR) is 93.6 cm³/mol. The Labute approximate surface area is 150 Å². The third kappa shape index (κ3) is 2.50. The molecule has 1 aromatic heterocycles. The van der Waals surface area contributed by atoms with Crippen molar-refractivity contribution < 1.29 is 19.0 Å². The molecule has 132 valence electrons. The van der Waals surface area contributed by atoms with E-state index < -0.39 is 0 Å². The van der Waals surface area contributed by atoms with Crippen LogP contribution >= 0.6 is 0 Å². The summed E-state index contributed by atoms with van der Waals surface area (Å²) in [6.45, 7) is 0.807. The summed E-state index contributed by atoms with van der Waals surface area (Å²) in [4.78, 5) is 0. The molecule has 26 heavy (non-hydrogen) atoms. The van der Waals surface area contributed by atoms with E-state index in [1.807, 2.05) is 24.3 Å². The molecule has 1 aliphatic carbocycles. The molecular weight excluding hydrogens is 332 g/mol. The number of aliphatic hydroxyl groups excluding tert-OH is 1. The van der Waals surface area contributed by atoms with Crippen LogP contribution in [0.15, 0.2) is 75.7 Å². The standard InChI is InChI=1S/C20H18N2O4/c23-11-14-6-7-17(26-14)20-15-8-18-19(25-12-24-18)9-16(15)22(21-20)10-13-4-2-1-3-5-13/h1-9,15-16,23H,10-12H2. The maximum atomic E-state index is 9.29. The lowest BCUT2D eigenvalue weighted by molar-refractivity contribution is 0.0975. The van der Waals surface area contributed by atoms with Crippen molar-refractivity contribution in [2.45, 2.75) is 19.2 Å².